The van der Waals surface area contributed by atoms with E-state index in [4.69, 9.17) is 5.73 Å². The van der Waals surface area contributed by atoms with Gasteiger partial charge >= 0.3 is 0 Å². The lowest BCUT2D eigenvalue weighted by Crippen LogP contribution is -2.39. The van der Waals surface area contributed by atoms with Crippen LogP contribution in [-0.4, -0.2) is 37.0 Å². The van der Waals surface area contributed by atoms with Crippen molar-refractivity contribution in [1.29, 1.82) is 0 Å². The van der Waals surface area contributed by atoms with E-state index in [-0.39, 0.29) is 5.91 Å². The lowest BCUT2D eigenvalue weighted by atomic mass is 9.98. The topological polar surface area (TPSA) is 49.6 Å². The number of rotatable bonds is 2. The SMILES string of the molecule is CC1CCN(C(=O)c2cc(N)ccc2N2CCCCC2)CC1. The van der Waals surface area contributed by atoms with Crippen molar-refractivity contribution in [3.8, 4) is 0 Å². The predicted molar refractivity (Wildman–Crippen MR) is 91.2 cm³/mol. The summed E-state index contributed by atoms with van der Waals surface area (Å²) >= 11 is 0. The Morgan fingerprint density at radius 1 is 1.09 bits per heavy atom. The third-order valence-corrected chi connectivity index (χ3v) is 5.02. The Hall–Kier alpha value is -1.71. The number of hydrogen-bond donors (Lipinski definition) is 1. The van der Waals surface area contributed by atoms with Crippen molar-refractivity contribution in [2.45, 2.75) is 39.0 Å². The van der Waals surface area contributed by atoms with E-state index in [1.165, 1.54) is 19.3 Å². The number of nitrogens with zero attached hydrogens (tertiary/aromatic N) is 2. The van der Waals surface area contributed by atoms with E-state index >= 15 is 0 Å². The van der Waals surface area contributed by atoms with Crippen LogP contribution in [0.4, 0.5) is 11.4 Å². The number of benzene rings is 1. The van der Waals surface area contributed by atoms with Crippen molar-refractivity contribution >= 4 is 17.3 Å². The van der Waals surface area contributed by atoms with Crippen LogP contribution >= 0.6 is 0 Å². The maximum Gasteiger partial charge on any atom is 0.256 e. The minimum Gasteiger partial charge on any atom is -0.399 e. The molecule has 2 N–H and O–H groups in total. The molecular formula is C18H27N3O. The molecule has 2 heterocycles. The summed E-state index contributed by atoms with van der Waals surface area (Å²) < 4.78 is 0. The lowest BCUT2D eigenvalue weighted by molar-refractivity contribution is 0.0698. The minimum atomic E-state index is 0.153. The Balaban J connectivity index is 1.84. The molecule has 0 spiro atoms. The summed E-state index contributed by atoms with van der Waals surface area (Å²) in [6, 6.07) is 5.81. The maximum atomic E-state index is 13.0. The number of carbonyl (C=O) groups excluding carboxylic acids is 1. The molecule has 2 aliphatic rings. The van der Waals surface area contributed by atoms with E-state index in [0.717, 1.165) is 56.2 Å². The first-order chi connectivity index (χ1) is 10.6. The largest absolute Gasteiger partial charge is 0.399 e. The van der Waals surface area contributed by atoms with Gasteiger partial charge in [0.1, 0.15) is 0 Å². The Morgan fingerprint density at radius 3 is 2.45 bits per heavy atom. The average Bonchev–Trinajstić information content (AvgIpc) is 2.55. The molecule has 0 atom stereocenters. The van der Waals surface area contributed by atoms with Crippen molar-refractivity contribution in [3.05, 3.63) is 23.8 Å². The third-order valence-electron chi connectivity index (χ3n) is 5.02. The van der Waals surface area contributed by atoms with Gasteiger partial charge in [-0.3, -0.25) is 4.79 Å². The van der Waals surface area contributed by atoms with Gasteiger partial charge in [0.05, 0.1) is 5.56 Å². The van der Waals surface area contributed by atoms with Gasteiger partial charge < -0.3 is 15.5 Å². The zero-order chi connectivity index (χ0) is 15.5. The highest BCUT2D eigenvalue weighted by Gasteiger charge is 2.25. The lowest BCUT2D eigenvalue weighted by Gasteiger charge is -2.34. The Bertz CT molecular complexity index is 529. The van der Waals surface area contributed by atoms with Crippen molar-refractivity contribution in [1.82, 2.24) is 4.90 Å². The first-order valence-electron chi connectivity index (χ1n) is 8.59. The molecule has 2 fully saturated rings. The van der Waals surface area contributed by atoms with Gasteiger partial charge in [-0.1, -0.05) is 6.92 Å². The van der Waals surface area contributed by atoms with Crippen molar-refractivity contribution in [3.63, 3.8) is 0 Å². The number of amides is 1. The molecule has 1 aromatic rings. The summed E-state index contributed by atoms with van der Waals surface area (Å²) in [5.41, 5.74) is 8.49. The third kappa shape index (κ3) is 3.21. The zero-order valence-corrected chi connectivity index (χ0v) is 13.6. The molecule has 0 unspecified atom stereocenters. The molecule has 1 amide bonds. The molecule has 0 bridgehead atoms. The molecule has 3 rings (SSSR count). The van der Waals surface area contributed by atoms with Gasteiger partial charge in [0.25, 0.3) is 5.91 Å². The van der Waals surface area contributed by atoms with E-state index in [0.29, 0.717) is 5.69 Å². The van der Waals surface area contributed by atoms with E-state index < -0.39 is 0 Å². The minimum absolute atomic E-state index is 0.153. The number of hydrogen-bond acceptors (Lipinski definition) is 3. The van der Waals surface area contributed by atoms with Gasteiger partial charge in [-0.15, -0.1) is 0 Å². The highest BCUT2D eigenvalue weighted by molar-refractivity contribution is 6.00. The van der Waals surface area contributed by atoms with E-state index in [2.05, 4.69) is 11.8 Å². The normalized spacial score (nSPS) is 20.2. The molecule has 2 aliphatic heterocycles. The maximum absolute atomic E-state index is 13.0. The van der Waals surface area contributed by atoms with Crippen LogP contribution < -0.4 is 10.6 Å². The highest BCUT2D eigenvalue weighted by atomic mass is 16.2. The van der Waals surface area contributed by atoms with E-state index in [9.17, 15) is 4.79 Å². The molecule has 4 heteroatoms. The number of nitrogens with two attached hydrogens (primary N) is 1. The second kappa shape index (κ2) is 6.59. The van der Waals surface area contributed by atoms with Crippen LogP contribution in [0.5, 0.6) is 0 Å². The summed E-state index contributed by atoms with van der Waals surface area (Å²) in [7, 11) is 0. The Kier molecular flexibility index (Phi) is 4.55. The van der Waals surface area contributed by atoms with Gasteiger partial charge in [-0.05, 0) is 56.2 Å². The molecular weight excluding hydrogens is 274 g/mol. The second-order valence-corrected chi connectivity index (χ2v) is 6.80. The van der Waals surface area contributed by atoms with Gasteiger partial charge in [-0.25, -0.2) is 0 Å². The summed E-state index contributed by atoms with van der Waals surface area (Å²) in [6.45, 7) is 6.09. The van der Waals surface area contributed by atoms with Gasteiger partial charge in [0.15, 0.2) is 0 Å². The van der Waals surface area contributed by atoms with Crippen LogP contribution in [0.15, 0.2) is 18.2 Å². The second-order valence-electron chi connectivity index (χ2n) is 6.80. The smallest absolute Gasteiger partial charge is 0.256 e. The molecule has 4 nitrogen and oxygen atoms in total. The summed E-state index contributed by atoms with van der Waals surface area (Å²) in [5, 5.41) is 0. The van der Waals surface area contributed by atoms with Crippen molar-refractivity contribution < 1.29 is 4.79 Å². The fraction of sp³-hybridized carbons (Fsp3) is 0.611. The first-order valence-corrected chi connectivity index (χ1v) is 8.59. The fourth-order valence-corrected chi connectivity index (χ4v) is 3.52. The zero-order valence-electron chi connectivity index (χ0n) is 13.6. The van der Waals surface area contributed by atoms with E-state index in [1.807, 2.05) is 23.1 Å². The Morgan fingerprint density at radius 2 is 1.77 bits per heavy atom. The van der Waals surface area contributed by atoms with Gasteiger partial charge in [-0.2, -0.15) is 0 Å². The summed E-state index contributed by atoms with van der Waals surface area (Å²) in [4.78, 5) is 17.3. The van der Waals surface area contributed by atoms with Crippen LogP contribution in [0.1, 0.15) is 49.4 Å². The number of piperidine rings is 2. The van der Waals surface area contributed by atoms with Crippen molar-refractivity contribution in [2.75, 3.05) is 36.8 Å². The molecule has 120 valence electrons. The van der Waals surface area contributed by atoms with Crippen LogP contribution in [0.2, 0.25) is 0 Å². The molecule has 0 radical (unpaired) electrons. The molecule has 1 aromatic carbocycles. The molecule has 22 heavy (non-hydrogen) atoms. The number of likely N-dealkylation sites (tertiary alicyclic amines) is 1. The van der Waals surface area contributed by atoms with Crippen LogP contribution in [0.3, 0.4) is 0 Å². The highest BCUT2D eigenvalue weighted by Crippen LogP contribution is 2.28. The fourth-order valence-electron chi connectivity index (χ4n) is 3.52. The molecule has 0 saturated carbocycles. The van der Waals surface area contributed by atoms with Crippen LogP contribution in [0.25, 0.3) is 0 Å². The van der Waals surface area contributed by atoms with Gasteiger partial charge in [0, 0.05) is 37.6 Å². The molecule has 2 saturated heterocycles. The summed E-state index contributed by atoms with van der Waals surface area (Å²) in [6.07, 6.45) is 5.91. The number of nitrogen functional groups attached to an aromatic ring is 1. The van der Waals surface area contributed by atoms with Crippen molar-refractivity contribution in [2.24, 2.45) is 5.92 Å². The number of anilines is 2. The van der Waals surface area contributed by atoms with Crippen LogP contribution in [-0.2, 0) is 0 Å². The summed E-state index contributed by atoms with van der Waals surface area (Å²) in [5.74, 6) is 0.881. The molecule has 0 aliphatic carbocycles. The van der Waals surface area contributed by atoms with Crippen LogP contribution in [0, 0.1) is 5.92 Å². The van der Waals surface area contributed by atoms with Gasteiger partial charge in [0.2, 0.25) is 0 Å². The average molecular weight is 301 g/mol. The first kappa shape index (κ1) is 15.2. The predicted octanol–water partition coefficient (Wildman–Crippen LogP) is 3.13. The van der Waals surface area contributed by atoms with E-state index in [1.54, 1.807) is 0 Å². The Labute approximate surface area is 133 Å². The molecule has 0 aromatic heterocycles. The number of carbonyl (C=O) groups is 1. The standard InChI is InChI=1S/C18H27N3O/c1-14-7-11-21(12-8-14)18(22)16-13-15(19)5-6-17(16)20-9-3-2-4-10-20/h5-6,13-14H,2-4,7-12,19H2,1H3. The quantitative estimate of drug-likeness (QED) is 0.854. The monoisotopic (exact) mass is 301 g/mol.